The molecule has 1 aliphatic rings. The van der Waals surface area contributed by atoms with Crippen molar-refractivity contribution in [2.75, 3.05) is 26.3 Å². The van der Waals surface area contributed by atoms with E-state index in [-0.39, 0.29) is 5.91 Å². The molecule has 0 radical (unpaired) electrons. The van der Waals surface area contributed by atoms with E-state index < -0.39 is 0 Å². The molecule has 0 aromatic heterocycles. The molecule has 0 unspecified atom stereocenters. The average molecular weight is 350 g/mol. The number of carbonyl (C=O) groups is 1. The Balaban J connectivity index is 1.56. The van der Waals surface area contributed by atoms with E-state index in [4.69, 9.17) is 4.74 Å². The Hall–Kier alpha value is -2.43. The van der Waals surface area contributed by atoms with Crippen LogP contribution in [0.5, 0.6) is 0 Å². The zero-order valence-electron chi connectivity index (χ0n) is 15.3. The summed E-state index contributed by atoms with van der Waals surface area (Å²) in [5.74, 6) is -0.0762. The lowest BCUT2D eigenvalue weighted by molar-refractivity contribution is -0.116. The number of rotatable bonds is 6. The predicted octanol–water partition coefficient (Wildman–Crippen LogP) is 3.16. The standard InChI is InChI=1S/C22H26N2O2/c1-18-5-4-6-19(15-18)9-10-22(25)23-16-20-7-2-3-8-21(20)17-24-11-13-26-14-12-24/h2-10,15H,11-14,16-17H2,1H3,(H,23,25)/b10-9+. The first-order valence-corrected chi connectivity index (χ1v) is 9.10. The maximum Gasteiger partial charge on any atom is 0.244 e. The zero-order valence-corrected chi connectivity index (χ0v) is 15.3. The van der Waals surface area contributed by atoms with Crippen LogP contribution >= 0.6 is 0 Å². The molecule has 4 nitrogen and oxygen atoms in total. The molecule has 0 bridgehead atoms. The topological polar surface area (TPSA) is 41.6 Å². The fourth-order valence-corrected chi connectivity index (χ4v) is 3.07. The molecule has 1 amide bonds. The molecule has 0 atom stereocenters. The summed E-state index contributed by atoms with van der Waals surface area (Å²) in [5, 5.41) is 2.99. The highest BCUT2D eigenvalue weighted by atomic mass is 16.5. The molecule has 2 aromatic rings. The Bertz CT molecular complexity index is 764. The largest absolute Gasteiger partial charge is 0.379 e. The second-order valence-electron chi connectivity index (χ2n) is 6.62. The van der Waals surface area contributed by atoms with E-state index in [2.05, 4.69) is 34.5 Å². The van der Waals surface area contributed by atoms with Crippen LogP contribution in [0.3, 0.4) is 0 Å². The smallest absolute Gasteiger partial charge is 0.244 e. The van der Waals surface area contributed by atoms with E-state index >= 15 is 0 Å². The van der Waals surface area contributed by atoms with E-state index in [0.29, 0.717) is 6.54 Å². The average Bonchev–Trinajstić information content (AvgIpc) is 2.66. The Labute approximate surface area is 155 Å². The second kappa shape index (κ2) is 9.32. The van der Waals surface area contributed by atoms with E-state index in [1.165, 1.54) is 11.1 Å². The molecule has 1 N–H and O–H groups in total. The molecule has 0 saturated carbocycles. The fourth-order valence-electron chi connectivity index (χ4n) is 3.07. The molecule has 2 aromatic carbocycles. The first-order chi connectivity index (χ1) is 12.7. The van der Waals surface area contributed by atoms with Crippen LogP contribution in [0.4, 0.5) is 0 Å². The lowest BCUT2D eigenvalue weighted by Crippen LogP contribution is -2.36. The molecule has 0 spiro atoms. The Morgan fingerprint density at radius 1 is 1.12 bits per heavy atom. The fraction of sp³-hybridized carbons (Fsp3) is 0.318. The van der Waals surface area contributed by atoms with Crippen LogP contribution in [0.15, 0.2) is 54.6 Å². The SMILES string of the molecule is Cc1cccc(/C=C/C(=O)NCc2ccccc2CN2CCOCC2)c1. The monoisotopic (exact) mass is 350 g/mol. The lowest BCUT2D eigenvalue weighted by atomic mass is 10.1. The van der Waals surface area contributed by atoms with Crippen LogP contribution in [0, 0.1) is 6.92 Å². The Kier molecular flexibility index (Phi) is 6.58. The Morgan fingerprint density at radius 3 is 2.65 bits per heavy atom. The molecule has 1 saturated heterocycles. The van der Waals surface area contributed by atoms with Crippen molar-refractivity contribution in [2.24, 2.45) is 0 Å². The van der Waals surface area contributed by atoms with Gasteiger partial charge in [-0.15, -0.1) is 0 Å². The van der Waals surface area contributed by atoms with Gasteiger partial charge in [0, 0.05) is 32.3 Å². The molecular formula is C22H26N2O2. The third kappa shape index (κ3) is 5.55. The van der Waals surface area contributed by atoms with Crippen molar-refractivity contribution in [3.8, 4) is 0 Å². The number of morpholine rings is 1. The van der Waals surface area contributed by atoms with Gasteiger partial charge < -0.3 is 10.1 Å². The number of benzene rings is 2. The molecule has 4 heteroatoms. The summed E-state index contributed by atoms with van der Waals surface area (Å²) in [7, 11) is 0. The van der Waals surface area contributed by atoms with Gasteiger partial charge in [-0.2, -0.15) is 0 Å². The van der Waals surface area contributed by atoms with Crippen molar-refractivity contribution in [3.63, 3.8) is 0 Å². The van der Waals surface area contributed by atoms with Crippen molar-refractivity contribution >= 4 is 12.0 Å². The van der Waals surface area contributed by atoms with Crippen LogP contribution in [0.2, 0.25) is 0 Å². The molecule has 1 fully saturated rings. The van der Waals surface area contributed by atoms with Gasteiger partial charge in [0.15, 0.2) is 0 Å². The normalized spacial score (nSPS) is 15.3. The maximum absolute atomic E-state index is 12.2. The number of carbonyl (C=O) groups excluding carboxylic acids is 1. The van der Waals surface area contributed by atoms with Crippen molar-refractivity contribution in [1.82, 2.24) is 10.2 Å². The number of ether oxygens (including phenoxy) is 1. The van der Waals surface area contributed by atoms with Gasteiger partial charge >= 0.3 is 0 Å². The first-order valence-electron chi connectivity index (χ1n) is 9.10. The van der Waals surface area contributed by atoms with Crippen molar-refractivity contribution in [2.45, 2.75) is 20.0 Å². The van der Waals surface area contributed by atoms with Crippen LogP contribution in [-0.4, -0.2) is 37.1 Å². The van der Waals surface area contributed by atoms with Gasteiger partial charge in [-0.05, 0) is 29.7 Å². The van der Waals surface area contributed by atoms with Crippen molar-refractivity contribution in [1.29, 1.82) is 0 Å². The van der Waals surface area contributed by atoms with Gasteiger partial charge in [0.25, 0.3) is 0 Å². The molecular weight excluding hydrogens is 324 g/mol. The number of hydrogen-bond donors (Lipinski definition) is 1. The van der Waals surface area contributed by atoms with Crippen LogP contribution in [0.25, 0.3) is 6.08 Å². The zero-order chi connectivity index (χ0) is 18.2. The number of nitrogens with one attached hydrogen (secondary N) is 1. The maximum atomic E-state index is 12.2. The van der Waals surface area contributed by atoms with Crippen LogP contribution < -0.4 is 5.32 Å². The Morgan fingerprint density at radius 2 is 1.88 bits per heavy atom. The third-order valence-corrected chi connectivity index (χ3v) is 4.54. The molecule has 26 heavy (non-hydrogen) atoms. The van der Waals surface area contributed by atoms with Crippen molar-refractivity contribution in [3.05, 3.63) is 76.9 Å². The summed E-state index contributed by atoms with van der Waals surface area (Å²) >= 11 is 0. The van der Waals surface area contributed by atoms with Gasteiger partial charge in [0.1, 0.15) is 0 Å². The summed E-state index contributed by atoms with van der Waals surface area (Å²) in [6, 6.07) is 16.4. The van der Waals surface area contributed by atoms with E-state index in [9.17, 15) is 4.79 Å². The van der Waals surface area contributed by atoms with Gasteiger partial charge in [-0.1, -0.05) is 54.1 Å². The van der Waals surface area contributed by atoms with Gasteiger partial charge in [-0.3, -0.25) is 9.69 Å². The summed E-state index contributed by atoms with van der Waals surface area (Å²) in [4.78, 5) is 14.5. The summed E-state index contributed by atoms with van der Waals surface area (Å²) in [6.07, 6.45) is 3.45. The molecule has 0 aliphatic carbocycles. The van der Waals surface area contributed by atoms with E-state index in [1.807, 2.05) is 37.3 Å². The molecule has 3 rings (SSSR count). The highest BCUT2D eigenvalue weighted by Gasteiger charge is 2.12. The predicted molar refractivity (Wildman–Crippen MR) is 105 cm³/mol. The van der Waals surface area contributed by atoms with Crippen molar-refractivity contribution < 1.29 is 9.53 Å². The number of aryl methyl sites for hydroxylation is 1. The van der Waals surface area contributed by atoms with Crippen LogP contribution in [0.1, 0.15) is 22.3 Å². The van der Waals surface area contributed by atoms with E-state index in [0.717, 1.165) is 44.0 Å². The minimum Gasteiger partial charge on any atom is -0.379 e. The number of amides is 1. The molecule has 136 valence electrons. The minimum absolute atomic E-state index is 0.0762. The second-order valence-corrected chi connectivity index (χ2v) is 6.62. The first kappa shape index (κ1) is 18.4. The summed E-state index contributed by atoms with van der Waals surface area (Å²) in [6.45, 7) is 6.99. The number of nitrogens with zero attached hydrogens (tertiary/aromatic N) is 1. The quantitative estimate of drug-likeness (QED) is 0.814. The lowest BCUT2D eigenvalue weighted by Gasteiger charge is -2.27. The van der Waals surface area contributed by atoms with Crippen LogP contribution in [-0.2, 0) is 22.6 Å². The third-order valence-electron chi connectivity index (χ3n) is 4.54. The number of hydrogen-bond acceptors (Lipinski definition) is 3. The highest BCUT2D eigenvalue weighted by Crippen LogP contribution is 2.13. The van der Waals surface area contributed by atoms with Gasteiger partial charge in [0.2, 0.25) is 5.91 Å². The van der Waals surface area contributed by atoms with Gasteiger partial charge in [0.05, 0.1) is 13.2 Å². The molecule has 1 heterocycles. The minimum atomic E-state index is -0.0762. The highest BCUT2D eigenvalue weighted by molar-refractivity contribution is 5.91. The summed E-state index contributed by atoms with van der Waals surface area (Å²) < 4.78 is 5.41. The van der Waals surface area contributed by atoms with E-state index in [1.54, 1.807) is 6.08 Å². The van der Waals surface area contributed by atoms with Gasteiger partial charge in [-0.25, -0.2) is 0 Å². The summed E-state index contributed by atoms with van der Waals surface area (Å²) in [5.41, 5.74) is 4.64. The molecule has 1 aliphatic heterocycles.